The second-order valence-corrected chi connectivity index (χ2v) is 3.03. The molecule has 0 aliphatic carbocycles. The SMILES string of the molecule is CCCCCOCCCCC.[Hf]. The van der Waals surface area contributed by atoms with Gasteiger partial charge in [0.25, 0.3) is 0 Å². The molecule has 0 rings (SSSR count). The van der Waals surface area contributed by atoms with E-state index in [0.29, 0.717) is 0 Å². The Bertz CT molecular complexity index is 58.9. The average Bonchev–Trinajstić information content (AvgIpc) is 2.03. The topological polar surface area (TPSA) is 9.23 Å². The molecule has 2 heteroatoms. The van der Waals surface area contributed by atoms with Crippen molar-refractivity contribution < 1.29 is 30.6 Å². The van der Waals surface area contributed by atoms with Crippen LogP contribution in [0.5, 0.6) is 0 Å². The van der Waals surface area contributed by atoms with Crippen molar-refractivity contribution in [3.63, 3.8) is 0 Å². The van der Waals surface area contributed by atoms with Gasteiger partial charge in [-0.25, -0.2) is 0 Å². The summed E-state index contributed by atoms with van der Waals surface area (Å²) in [4.78, 5) is 0. The Kier molecular flexibility index (Phi) is 18.3. The van der Waals surface area contributed by atoms with E-state index in [9.17, 15) is 0 Å². The third-order valence-corrected chi connectivity index (χ3v) is 1.78. The summed E-state index contributed by atoms with van der Waals surface area (Å²) in [5.41, 5.74) is 0. The summed E-state index contributed by atoms with van der Waals surface area (Å²) in [5.74, 6) is 0. The molecule has 0 spiro atoms. The van der Waals surface area contributed by atoms with Gasteiger partial charge in [-0.05, 0) is 12.8 Å². The summed E-state index contributed by atoms with van der Waals surface area (Å²) in [6, 6.07) is 0. The zero-order valence-electron chi connectivity index (χ0n) is 8.57. The first-order chi connectivity index (χ1) is 5.41. The molecule has 0 N–H and O–H groups in total. The summed E-state index contributed by atoms with van der Waals surface area (Å²) in [6.45, 7) is 6.38. The summed E-state index contributed by atoms with van der Waals surface area (Å²) < 4.78 is 5.44. The van der Waals surface area contributed by atoms with Crippen LogP contribution in [-0.2, 0) is 30.6 Å². The molecule has 0 radical (unpaired) electrons. The van der Waals surface area contributed by atoms with Crippen LogP contribution in [0.15, 0.2) is 0 Å². The maximum Gasteiger partial charge on any atom is 0.0466 e. The molecule has 0 heterocycles. The number of hydrogen-bond acceptors (Lipinski definition) is 1. The Labute approximate surface area is 96.0 Å². The van der Waals surface area contributed by atoms with Gasteiger partial charge in [-0.2, -0.15) is 0 Å². The Hall–Kier alpha value is 0.830. The quantitative estimate of drug-likeness (QED) is 0.488. The Morgan fingerprint density at radius 3 is 1.50 bits per heavy atom. The van der Waals surface area contributed by atoms with Crippen LogP contribution < -0.4 is 0 Å². The predicted molar refractivity (Wildman–Crippen MR) is 49.9 cm³/mol. The van der Waals surface area contributed by atoms with Crippen molar-refractivity contribution in [2.24, 2.45) is 0 Å². The fourth-order valence-electron chi connectivity index (χ4n) is 1.01. The van der Waals surface area contributed by atoms with E-state index >= 15 is 0 Å². The van der Waals surface area contributed by atoms with Crippen molar-refractivity contribution in [3.05, 3.63) is 0 Å². The van der Waals surface area contributed by atoms with Crippen LogP contribution in [0.1, 0.15) is 52.4 Å². The van der Waals surface area contributed by atoms with Crippen LogP contribution in [0.2, 0.25) is 0 Å². The first kappa shape index (κ1) is 15.3. The molecule has 0 aliphatic rings. The second-order valence-electron chi connectivity index (χ2n) is 3.03. The molecule has 0 fully saturated rings. The molecule has 0 aromatic heterocycles. The van der Waals surface area contributed by atoms with Gasteiger partial charge in [0.1, 0.15) is 0 Å². The van der Waals surface area contributed by atoms with E-state index in [2.05, 4.69) is 13.8 Å². The van der Waals surface area contributed by atoms with E-state index in [4.69, 9.17) is 4.74 Å². The van der Waals surface area contributed by atoms with Gasteiger partial charge in [0.05, 0.1) is 0 Å². The minimum absolute atomic E-state index is 0. The van der Waals surface area contributed by atoms with E-state index in [0.717, 1.165) is 13.2 Å². The van der Waals surface area contributed by atoms with Crippen molar-refractivity contribution in [2.45, 2.75) is 52.4 Å². The molecule has 0 atom stereocenters. The first-order valence-corrected chi connectivity index (χ1v) is 4.99. The number of hydrogen-bond donors (Lipinski definition) is 0. The number of unbranched alkanes of at least 4 members (excludes halogenated alkanes) is 4. The Morgan fingerprint density at radius 2 is 1.17 bits per heavy atom. The van der Waals surface area contributed by atoms with Gasteiger partial charge in [-0.15, -0.1) is 0 Å². The number of rotatable bonds is 8. The molecule has 0 saturated heterocycles. The molecule has 1 nitrogen and oxygen atoms in total. The third-order valence-electron chi connectivity index (χ3n) is 1.78. The zero-order chi connectivity index (χ0) is 8.36. The number of ether oxygens (including phenoxy) is 1. The smallest absolute Gasteiger partial charge is 0.0466 e. The molecule has 0 unspecified atom stereocenters. The average molecular weight is 337 g/mol. The maximum atomic E-state index is 5.44. The van der Waals surface area contributed by atoms with E-state index in [1.807, 2.05) is 0 Å². The van der Waals surface area contributed by atoms with Crippen LogP contribution in [0, 0.1) is 0 Å². The standard InChI is InChI=1S/C10H22O.Hf/c1-3-5-7-9-11-10-8-6-4-2;/h3-10H2,1-2H3;. The molecule has 72 valence electrons. The van der Waals surface area contributed by atoms with E-state index < -0.39 is 0 Å². The van der Waals surface area contributed by atoms with Gasteiger partial charge in [0.2, 0.25) is 0 Å². The van der Waals surface area contributed by atoms with Crippen LogP contribution in [0.3, 0.4) is 0 Å². The fraction of sp³-hybridized carbons (Fsp3) is 1.00. The van der Waals surface area contributed by atoms with Crippen LogP contribution in [-0.4, -0.2) is 13.2 Å². The minimum atomic E-state index is 0. The minimum Gasteiger partial charge on any atom is -0.381 e. The third kappa shape index (κ3) is 13.4. The summed E-state index contributed by atoms with van der Waals surface area (Å²) in [7, 11) is 0. The molecule has 0 bridgehead atoms. The molecule has 0 saturated carbocycles. The normalized spacial score (nSPS) is 9.50. The molecular weight excluding hydrogens is 315 g/mol. The molecule has 0 aromatic carbocycles. The van der Waals surface area contributed by atoms with Crippen molar-refractivity contribution in [2.75, 3.05) is 13.2 Å². The Balaban J connectivity index is 0. The molecule has 0 amide bonds. The maximum absolute atomic E-state index is 5.44. The van der Waals surface area contributed by atoms with Gasteiger partial charge in [0.15, 0.2) is 0 Å². The van der Waals surface area contributed by atoms with Crippen molar-refractivity contribution in [3.8, 4) is 0 Å². The second kappa shape index (κ2) is 14.4. The molecule has 0 aliphatic heterocycles. The van der Waals surface area contributed by atoms with Crippen molar-refractivity contribution in [1.82, 2.24) is 0 Å². The van der Waals surface area contributed by atoms with Crippen LogP contribution in [0.25, 0.3) is 0 Å². The monoisotopic (exact) mass is 338 g/mol. The summed E-state index contributed by atoms with van der Waals surface area (Å²) in [6.07, 6.45) is 7.68. The summed E-state index contributed by atoms with van der Waals surface area (Å²) in [5, 5.41) is 0. The van der Waals surface area contributed by atoms with Gasteiger partial charge >= 0.3 is 0 Å². The summed E-state index contributed by atoms with van der Waals surface area (Å²) >= 11 is 0. The zero-order valence-corrected chi connectivity index (χ0v) is 12.2. The van der Waals surface area contributed by atoms with Crippen molar-refractivity contribution >= 4 is 0 Å². The van der Waals surface area contributed by atoms with E-state index in [1.165, 1.54) is 38.5 Å². The van der Waals surface area contributed by atoms with E-state index in [1.54, 1.807) is 0 Å². The fourth-order valence-corrected chi connectivity index (χ4v) is 1.01. The predicted octanol–water partition coefficient (Wildman–Crippen LogP) is 3.38. The molecule has 12 heavy (non-hydrogen) atoms. The van der Waals surface area contributed by atoms with Crippen molar-refractivity contribution in [1.29, 1.82) is 0 Å². The molecular formula is C10H22HfO. The Morgan fingerprint density at radius 1 is 0.750 bits per heavy atom. The largest absolute Gasteiger partial charge is 0.381 e. The van der Waals surface area contributed by atoms with Gasteiger partial charge in [-0.1, -0.05) is 39.5 Å². The molecule has 0 aromatic rings. The van der Waals surface area contributed by atoms with Gasteiger partial charge in [0, 0.05) is 39.1 Å². The first-order valence-electron chi connectivity index (χ1n) is 4.99. The van der Waals surface area contributed by atoms with Gasteiger partial charge < -0.3 is 4.74 Å². The van der Waals surface area contributed by atoms with E-state index in [-0.39, 0.29) is 25.8 Å². The van der Waals surface area contributed by atoms with Crippen LogP contribution >= 0.6 is 0 Å². The van der Waals surface area contributed by atoms with Gasteiger partial charge in [-0.3, -0.25) is 0 Å². The van der Waals surface area contributed by atoms with Crippen LogP contribution in [0.4, 0.5) is 0 Å².